The zero-order valence-corrected chi connectivity index (χ0v) is 16.8. The van der Waals surface area contributed by atoms with E-state index in [-0.39, 0.29) is 16.5 Å². The molecule has 4 N–H and O–H groups in total. The van der Waals surface area contributed by atoms with Crippen LogP contribution in [0.25, 0.3) is 0 Å². The second-order valence-corrected chi connectivity index (χ2v) is 7.91. The number of hydrogen-bond acceptors (Lipinski definition) is 3. The van der Waals surface area contributed by atoms with E-state index in [2.05, 4.69) is 10.6 Å². The molecule has 0 radical (unpaired) electrons. The SMILES string of the molecule is NCC1CCCC(CNC(=O)c2ccc(NC(=O)c3cccc(F)c3)cc2Cl)C1. The van der Waals surface area contributed by atoms with E-state index < -0.39 is 11.7 Å². The van der Waals surface area contributed by atoms with Gasteiger partial charge in [-0.25, -0.2) is 4.39 Å². The summed E-state index contributed by atoms with van der Waals surface area (Å²) in [5.74, 6) is -0.212. The van der Waals surface area contributed by atoms with Crippen molar-refractivity contribution in [2.45, 2.75) is 25.7 Å². The van der Waals surface area contributed by atoms with Crippen LogP contribution in [0.3, 0.4) is 0 Å². The van der Waals surface area contributed by atoms with Crippen LogP contribution in [0.2, 0.25) is 5.02 Å². The third-order valence-corrected chi connectivity index (χ3v) is 5.65. The van der Waals surface area contributed by atoms with E-state index in [9.17, 15) is 14.0 Å². The van der Waals surface area contributed by atoms with Crippen LogP contribution >= 0.6 is 11.6 Å². The lowest BCUT2D eigenvalue weighted by atomic mass is 9.81. The molecule has 1 aliphatic rings. The first-order chi connectivity index (χ1) is 14.0. The highest BCUT2D eigenvalue weighted by molar-refractivity contribution is 6.34. The Morgan fingerprint density at radius 1 is 1.10 bits per heavy atom. The lowest BCUT2D eigenvalue weighted by Crippen LogP contribution is -2.33. The van der Waals surface area contributed by atoms with Crippen LogP contribution in [0, 0.1) is 17.7 Å². The van der Waals surface area contributed by atoms with Crippen molar-refractivity contribution in [1.82, 2.24) is 5.32 Å². The largest absolute Gasteiger partial charge is 0.352 e. The van der Waals surface area contributed by atoms with E-state index in [1.54, 1.807) is 12.1 Å². The fourth-order valence-corrected chi connectivity index (χ4v) is 4.01. The number of anilines is 1. The quantitative estimate of drug-likeness (QED) is 0.657. The van der Waals surface area contributed by atoms with Gasteiger partial charge in [0.05, 0.1) is 10.6 Å². The van der Waals surface area contributed by atoms with Gasteiger partial charge in [-0.15, -0.1) is 0 Å². The van der Waals surface area contributed by atoms with E-state index >= 15 is 0 Å². The minimum Gasteiger partial charge on any atom is -0.352 e. The van der Waals surface area contributed by atoms with E-state index in [0.29, 0.717) is 36.2 Å². The molecule has 7 heteroatoms. The Bertz CT molecular complexity index is 890. The van der Waals surface area contributed by atoms with Gasteiger partial charge in [-0.1, -0.05) is 24.1 Å². The van der Waals surface area contributed by atoms with Gasteiger partial charge in [0.25, 0.3) is 11.8 Å². The number of hydrogen-bond donors (Lipinski definition) is 3. The minimum absolute atomic E-state index is 0.200. The Morgan fingerprint density at radius 3 is 2.62 bits per heavy atom. The van der Waals surface area contributed by atoms with Gasteiger partial charge >= 0.3 is 0 Å². The topological polar surface area (TPSA) is 84.2 Å². The maximum Gasteiger partial charge on any atom is 0.255 e. The smallest absolute Gasteiger partial charge is 0.255 e. The third-order valence-electron chi connectivity index (χ3n) is 5.33. The maximum absolute atomic E-state index is 13.3. The van der Waals surface area contributed by atoms with Crippen LogP contribution in [0.15, 0.2) is 42.5 Å². The number of benzene rings is 2. The molecule has 29 heavy (non-hydrogen) atoms. The van der Waals surface area contributed by atoms with Crippen LogP contribution in [0.5, 0.6) is 0 Å². The summed E-state index contributed by atoms with van der Waals surface area (Å²) in [7, 11) is 0. The van der Waals surface area contributed by atoms with E-state index in [1.165, 1.54) is 24.3 Å². The molecule has 2 aromatic rings. The summed E-state index contributed by atoms with van der Waals surface area (Å²) in [6, 6.07) is 10.1. The van der Waals surface area contributed by atoms with Crippen LogP contribution in [-0.2, 0) is 0 Å². The summed E-state index contributed by atoms with van der Waals surface area (Å²) in [6.45, 7) is 1.29. The summed E-state index contributed by atoms with van der Waals surface area (Å²) in [4.78, 5) is 24.7. The highest BCUT2D eigenvalue weighted by Gasteiger charge is 2.22. The molecule has 0 aliphatic heterocycles. The molecule has 0 heterocycles. The van der Waals surface area contributed by atoms with Gasteiger partial charge in [-0.2, -0.15) is 0 Å². The fourth-order valence-electron chi connectivity index (χ4n) is 3.74. The molecule has 5 nitrogen and oxygen atoms in total. The molecule has 154 valence electrons. The molecule has 0 aromatic heterocycles. The van der Waals surface area contributed by atoms with Crippen LogP contribution < -0.4 is 16.4 Å². The molecule has 2 amide bonds. The van der Waals surface area contributed by atoms with Gasteiger partial charge in [0.1, 0.15) is 5.82 Å². The Labute approximate surface area is 174 Å². The van der Waals surface area contributed by atoms with Gasteiger partial charge in [-0.3, -0.25) is 9.59 Å². The molecule has 2 aromatic carbocycles. The molecular weight excluding hydrogens is 393 g/mol. The number of amides is 2. The summed E-state index contributed by atoms with van der Waals surface area (Å²) < 4.78 is 13.3. The number of halogens is 2. The monoisotopic (exact) mass is 417 g/mol. The molecular formula is C22H25ClFN3O2. The van der Waals surface area contributed by atoms with Gasteiger partial charge in [0, 0.05) is 17.8 Å². The summed E-state index contributed by atoms with van der Waals surface area (Å²) >= 11 is 6.26. The Morgan fingerprint density at radius 2 is 1.90 bits per heavy atom. The number of carbonyl (C=O) groups is 2. The first kappa shape index (κ1) is 21.3. The molecule has 0 bridgehead atoms. The second kappa shape index (κ2) is 9.85. The van der Waals surface area contributed by atoms with Gasteiger partial charge in [-0.05, 0) is 74.0 Å². The normalized spacial score (nSPS) is 18.9. The number of rotatable bonds is 6. The predicted octanol–water partition coefficient (Wildman–Crippen LogP) is 4.23. The Hall–Kier alpha value is -2.44. The van der Waals surface area contributed by atoms with Crippen molar-refractivity contribution >= 4 is 29.1 Å². The predicted molar refractivity (Wildman–Crippen MR) is 113 cm³/mol. The fraction of sp³-hybridized carbons (Fsp3) is 0.364. The van der Waals surface area contributed by atoms with Crippen LogP contribution in [0.4, 0.5) is 10.1 Å². The van der Waals surface area contributed by atoms with Crippen molar-refractivity contribution in [3.63, 3.8) is 0 Å². The summed E-state index contributed by atoms with van der Waals surface area (Å²) in [5, 5.41) is 5.85. The average Bonchev–Trinajstić information content (AvgIpc) is 2.72. The van der Waals surface area contributed by atoms with Crippen molar-refractivity contribution in [3.8, 4) is 0 Å². The van der Waals surface area contributed by atoms with Gasteiger partial charge in [0.15, 0.2) is 0 Å². The average molecular weight is 418 g/mol. The second-order valence-electron chi connectivity index (χ2n) is 7.50. The van der Waals surface area contributed by atoms with Crippen molar-refractivity contribution in [2.75, 3.05) is 18.4 Å². The highest BCUT2D eigenvalue weighted by Crippen LogP contribution is 2.28. The molecule has 0 saturated heterocycles. The van der Waals surface area contributed by atoms with Crippen LogP contribution in [-0.4, -0.2) is 24.9 Å². The molecule has 1 saturated carbocycles. The van der Waals surface area contributed by atoms with Gasteiger partial charge < -0.3 is 16.4 Å². The lowest BCUT2D eigenvalue weighted by molar-refractivity contribution is 0.0940. The van der Waals surface area contributed by atoms with Crippen molar-refractivity contribution in [1.29, 1.82) is 0 Å². The van der Waals surface area contributed by atoms with E-state index in [0.717, 1.165) is 31.7 Å². The highest BCUT2D eigenvalue weighted by atomic mass is 35.5. The Kier molecular flexibility index (Phi) is 7.23. The number of nitrogens with two attached hydrogens (primary N) is 1. The van der Waals surface area contributed by atoms with E-state index in [1.807, 2.05) is 0 Å². The van der Waals surface area contributed by atoms with Crippen molar-refractivity contribution < 1.29 is 14.0 Å². The van der Waals surface area contributed by atoms with Crippen molar-refractivity contribution in [2.24, 2.45) is 17.6 Å². The van der Waals surface area contributed by atoms with Crippen LogP contribution in [0.1, 0.15) is 46.4 Å². The third kappa shape index (κ3) is 5.78. The molecule has 1 fully saturated rings. The van der Waals surface area contributed by atoms with Gasteiger partial charge in [0.2, 0.25) is 0 Å². The first-order valence-electron chi connectivity index (χ1n) is 9.81. The number of nitrogens with one attached hydrogen (secondary N) is 2. The zero-order chi connectivity index (χ0) is 20.8. The molecule has 2 unspecified atom stereocenters. The standard InChI is InChI=1S/C22H25ClFN3O2/c23-20-11-18(27-21(28)16-5-2-6-17(24)10-16)7-8-19(20)22(29)26-13-15-4-1-3-14(9-15)12-25/h2,5-8,10-11,14-15H,1,3-4,9,12-13,25H2,(H,26,29)(H,27,28). The molecule has 1 aliphatic carbocycles. The molecule has 2 atom stereocenters. The minimum atomic E-state index is -0.488. The molecule has 0 spiro atoms. The van der Waals surface area contributed by atoms with E-state index in [4.69, 9.17) is 17.3 Å². The van der Waals surface area contributed by atoms with Crippen molar-refractivity contribution in [3.05, 3.63) is 64.4 Å². The Balaban J connectivity index is 1.58. The maximum atomic E-state index is 13.3. The zero-order valence-electron chi connectivity index (χ0n) is 16.1. The number of carbonyl (C=O) groups excluding carboxylic acids is 2. The summed E-state index contributed by atoms with van der Waals surface area (Å²) in [5.41, 5.74) is 6.75. The lowest BCUT2D eigenvalue weighted by Gasteiger charge is -2.28. The molecule has 3 rings (SSSR count). The summed E-state index contributed by atoms with van der Waals surface area (Å²) in [6.07, 6.45) is 4.43. The first-order valence-corrected chi connectivity index (χ1v) is 10.2.